The van der Waals surface area contributed by atoms with Crippen molar-refractivity contribution < 1.29 is 8.83 Å². The second-order valence-corrected chi connectivity index (χ2v) is 11.4. The van der Waals surface area contributed by atoms with Crippen molar-refractivity contribution in [3.8, 4) is 22.6 Å². The average molecular weight is 312 g/mol. The Labute approximate surface area is 130 Å². The molecule has 2 aromatic heterocycles. The van der Waals surface area contributed by atoms with Gasteiger partial charge in [0.15, 0.2) is 11.5 Å². The van der Waals surface area contributed by atoms with Gasteiger partial charge in [-0.3, -0.25) is 0 Å². The largest absolute Gasteiger partial charge is 0.462 e. The van der Waals surface area contributed by atoms with Crippen LogP contribution in [0.5, 0.6) is 0 Å². The molecule has 5 heteroatoms. The molecule has 0 aliphatic heterocycles. The summed E-state index contributed by atoms with van der Waals surface area (Å²) in [5.41, 5.74) is 15.4. The van der Waals surface area contributed by atoms with Crippen LogP contribution in [-0.4, -0.2) is 8.07 Å². The second kappa shape index (κ2) is 5.10. The zero-order valence-electron chi connectivity index (χ0n) is 13.0. The molecule has 4 nitrogen and oxygen atoms in total. The lowest BCUT2D eigenvalue weighted by Crippen LogP contribution is -2.40. The number of hydrogen-bond donors (Lipinski definition) is 2. The minimum atomic E-state index is -1.71. The fourth-order valence-electron chi connectivity index (χ4n) is 2.81. The van der Waals surface area contributed by atoms with Gasteiger partial charge >= 0.3 is 0 Å². The molecule has 1 aromatic carbocycles. The van der Waals surface area contributed by atoms with E-state index in [1.54, 1.807) is 24.7 Å². The van der Waals surface area contributed by atoms with E-state index >= 15 is 0 Å². The molecule has 0 atom stereocenters. The quantitative estimate of drug-likeness (QED) is 0.719. The van der Waals surface area contributed by atoms with E-state index in [-0.39, 0.29) is 0 Å². The normalized spacial score (nSPS) is 11.8. The summed E-state index contributed by atoms with van der Waals surface area (Å²) in [6.07, 6.45) is 3.24. The first-order valence-corrected chi connectivity index (χ1v) is 10.7. The van der Waals surface area contributed by atoms with Crippen LogP contribution in [0.3, 0.4) is 0 Å². The van der Waals surface area contributed by atoms with E-state index in [9.17, 15) is 0 Å². The first kappa shape index (κ1) is 14.5. The summed E-state index contributed by atoms with van der Waals surface area (Å²) in [6.45, 7) is 6.86. The Morgan fingerprint density at radius 3 is 1.55 bits per heavy atom. The molecule has 4 N–H and O–H groups in total. The highest BCUT2D eigenvalue weighted by Crippen LogP contribution is 2.33. The maximum Gasteiger partial charge on any atom is 0.156 e. The summed E-state index contributed by atoms with van der Waals surface area (Å²) in [6, 6.07) is 9.63. The molecule has 0 aliphatic carbocycles. The Balaban J connectivity index is 2.34. The highest BCUT2D eigenvalue weighted by Gasteiger charge is 2.28. The van der Waals surface area contributed by atoms with Crippen LogP contribution in [0.25, 0.3) is 22.6 Å². The number of rotatable bonds is 3. The molecule has 114 valence electrons. The van der Waals surface area contributed by atoms with Gasteiger partial charge in [0.05, 0.1) is 32.0 Å². The Hall–Kier alpha value is -2.40. The van der Waals surface area contributed by atoms with Crippen LogP contribution in [-0.2, 0) is 0 Å². The minimum Gasteiger partial charge on any atom is -0.462 e. The van der Waals surface area contributed by atoms with Gasteiger partial charge in [0, 0.05) is 23.3 Å². The predicted molar refractivity (Wildman–Crippen MR) is 93.7 cm³/mol. The Kier molecular flexibility index (Phi) is 3.37. The first-order valence-electron chi connectivity index (χ1n) is 7.20. The predicted octanol–water partition coefficient (Wildman–Crippen LogP) is 3.92. The molecule has 0 aliphatic rings. The zero-order valence-corrected chi connectivity index (χ0v) is 14.0. The third kappa shape index (κ3) is 2.33. The number of hydrogen-bond acceptors (Lipinski definition) is 4. The zero-order chi connectivity index (χ0) is 15.9. The Morgan fingerprint density at radius 1 is 0.773 bits per heavy atom. The summed E-state index contributed by atoms with van der Waals surface area (Å²) >= 11 is 0. The monoisotopic (exact) mass is 312 g/mol. The van der Waals surface area contributed by atoms with Crippen LogP contribution in [0.15, 0.2) is 51.7 Å². The summed E-state index contributed by atoms with van der Waals surface area (Å²) in [7, 11) is -1.71. The van der Waals surface area contributed by atoms with Gasteiger partial charge in [-0.25, -0.2) is 0 Å². The van der Waals surface area contributed by atoms with Crippen molar-refractivity contribution in [3.05, 3.63) is 42.9 Å². The van der Waals surface area contributed by atoms with Crippen LogP contribution in [0.1, 0.15) is 0 Å². The summed E-state index contributed by atoms with van der Waals surface area (Å²) in [4.78, 5) is 0. The van der Waals surface area contributed by atoms with E-state index in [0.717, 1.165) is 11.1 Å². The molecule has 3 aromatic rings. The molecule has 0 saturated carbocycles. The van der Waals surface area contributed by atoms with Crippen LogP contribution in [0.2, 0.25) is 19.6 Å². The molecule has 0 amide bonds. The van der Waals surface area contributed by atoms with Gasteiger partial charge in [-0.15, -0.1) is 0 Å². The molecule has 0 fully saturated rings. The molecule has 3 rings (SSSR count). The molecule has 22 heavy (non-hydrogen) atoms. The lowest BCUT2D eigenvalue weighted by Gasteiger charge is -2.24. The standard InChI is InChI=1S/C17H20N2O2Si/c1-22(2,3)17-11(15-13(18)7-9-20-15)5-4-6-12(17)16-14(19)8-10-21-16/h4-10H,18-19H2,1-3H3. The van der Waals surface area contributed by atoms with Crippen LogP contribution in [0.4, 0.5) is 11.4 Å². The Morgan fingerprint density at radius 2 is 1.23 bits per heavy atom. The SMILES string of the molecule is C[Si](C)(C)c1c(-c2occc2N)cccc1-c1occc1N. The van der Waals surface area contributed by atoms with Gasteiger partial charge in [-0.05, 0) is 5.19 Å². The van der Waals surface area contributed by atoms with Crippen molar-refractivity contribution in [1.82, 2.24) is 0 Å². The van der Waals surface area contributed by atoms with E-state index < -0.39 is 8.07 Å². The smallest absolute Gasteiger partial charge is 0.156 e. The van der Waals surface area contributed by atoms with E-state index in [0.29, 0.717) is 22.9 Å². The summed E-state index contributed by atoms with van der Waals surface area (Å²) < 4.78 is 11.2. The number of anilines is 2. The van der Waals surface area contributed by atoms with Crippen molar-refractivity contribution in [1.29, 1.82) is 0 Å². The molecule has 0 radical (unpaired) electrons. The van der Waals surface area contributed by atoms with Crippen LogP contribution >= 0.6 is 0 Å². The van der Waals surface area contributed by atoms with Crippen LogP contribution < -0.4 is 16.7 Å². The van der Waals surface area contributed by atoms with E-state index in [1.807, 2.05) is 18.2 Å². The molecule has 0 unspecified atom stereocenters. The molecular formula is C17H20N2O2Si. The van der Waals surface area contributed by atoms with Crippen molar-refractivity contribution in [2.75, 3.05) is 11.5 Å². The molecule has 0 bridgehead atoms. The molecule has 0 saturated heterocycles. The maximum atomic E-state index is 6.06. The summed E-state index contributed by atoms with van der Waals surface area (Å²) in [5.74, 6) is 1.42. The van der Waals surface area contributed by atoms with Crippen molar-refractivity contribution in [3.63, 3.8) is 0 Å². The lowest BCUT2D eigenvalue weighted by molar-refractivity contribution is 0.582. The van der Waals surface area contributed by atoms with Crippen molar-refractivity contribution in [2.45, 2.75) is 19.6 Å². The lowest BCUT2D eigenvalue weighted by atomic mass is 10.1. The molecule has 2 heterocycles. The van der Waals surface area contributed by atoms with Gasteiger partial charge < -0.3 is 20.3 Å². The third-order valence-corrected chi connectivity index (χ3v) is 5.73. The molecule has 0 spiro atoms. The first-order chi connectivity index (χ1) is 10.4. The maximum absolute atomic E-state index is 6.06. The summed E-state index contributed by atoms with van der Waals surface area (Å²) in [5, 5.41) is 1.23. The fourth-order valence-corrected chi connectivity index (χ4v) is 4.82. The highest BCUT2D eigenvalue weighted by molar-refractivity contribution is 6.90. The fraction of sp³-hybridized carbons (Fsp3) is 0.176. The number of nitrogen functional groups attached to an aromatic ring is 2. The van der Waals surface area contributed by atoms with Gasteiger partial charge in [0.2, 0.25) is 0 Å². The second-order valence-electron chi connectivity index (χ2n) is 6.39. The van der Waals surface area contributed by atoms with Crippen LogP contribution in [0, 0.1) is 0 Å². The number of nitrogens with two attached hydrogens (primary N) is 2. The van der Waals surface area contributed by atoms with E-state index in [1.165, 1.54) is 5.19 Å². The molecular weight excluding hydrogens is 292 g/mol. The van der Waals surface area contributed by atoms with Crippen molar-refractivity contribution >= 4 is 24.6 Å². The van der Waals surface area contributed by atoms with Crippen molar-refractivity contribution in [2.24, 2.45) is 0 Å². The van der Waals surface area contributed by atoms with Gasteiger partial charge in [-0.1, -0.05) is 37.8 Å². The Bertz CT molecular complexity index is 754. The van der Waals surface area contributed by atoms with Gasteiger partial charge in [-0.2, -0.15) is 0 Å². The highest BCUT2D eigenvalue weighted by atomic mass is 28.3. The van der Waals surface area contributed by atoms with Gasteiger partial charge in [0.25, 0.3) is 0 Å². The topological polar surface area (TPSA) is 78.3 Å². The number of benzene rings is 1. The number of furan rings is 2. The van der Waals surface area contributed by atoms with E-state index in [4.69, 9.17) is 20.3 Å². The average Bonchev–Trinajstić information content (AvgIpc) is 3.05. The van der Waals surface area contributed by atoms with Gasteiger partial charge in [0.1, 0.15) is 0 Å². The third-order valence-electron chi connectivity index (χ3n) is 3.70. The minimum absolute atomic E-state index is 0.643. The van der Waals surface area contributed by atoms with E-state index in [2.05, 4.69) is 19.6 Å².